The van der Waals surface area contributed by atoms with Crippen molar-refractivity contribution in [1.82, 2.24) is 0 Å². The molecule has 1 heterocycles. The molecule has 0 aliphatic carbocycles. The summed E-state index contributed by atoms with van der Waals surface area (Å²) < 4.78 is 11.4. The highest BCUT2D eigenvalue weighted by Gasteiger charge is 2.37. The molecule has 0 aromatic heterocycles. The molecule has 0 spiro atoms. The average Bonchev–Trinajstić information content (AvgIpc) is 2.56. The first-order valence-corrected chi connectivity index (χ1v) is 7.15. The Morgan fingerprint density at radius 2 is 1.86 bits per heavy atom. The summed E-state index contributed by atoms with van der Waals surface area (Å²) in [5.41, 5.74) is 0.472. The van der Waals surface area contributed by atoms with Crippen LogP contribution in [0.5, 0.6) is 11.5 Å². The molecule has 0 saturated heterocycles. The lowest BCUT2D eigenvalue weighted by Gasteiger charge is -2.33. The number of para-hydroxylation sites is 2. The lowest BCUT2D eigenvalue weighted by atomic mass is 9.75. The van der Waals surface area contributed by atoms with Gasteiger partial charge in [-0.05, 0) is 18.2 Å². The molecule has 0 saturated carbocycles. The Morgan fingerprint density at radius 1 is 1.10 bits per heavy atom. The van der Waals surface area contributed by atoms with Gasteiger partial charge in [0.25, 0.3) is 0 Å². The molecule has 3 heteroatoms. The molecule has 0 radical (unpaired) electrons. The predicted molar refractivity (Wildman–Crippen MR) is 80.4 cm³/mol. The molecule has 0 amide bonds. The van der Waals surface area contributed by atoms with Crippen LogP contribution < -0.4 is 9.47 Å². The minimum atomic E-state index is -0.510. The summed E-state index contributed by atoms with van der Waals surface area (Å²) in [5, 5.41) is 9.72. The van der Waals surface area contributed by atoms with Crippen molar-refractivity contribution in [1.29, 1.82) is 5.26 Å². The largest absolute Gasteiger partial charge is 0.494 e. The highest BCUT2D eigenvalue weighted by atomic mass is 16.5. The van der Waals surface area contributed by atoms with E-state index >= 15 is 0 Å². The maximum Gasteiger partial charge on any atom is 0.124 e. The summed E-state index contributed by atoms with van der Waals surface area (Å²) in [7, 11) is 0. The third kappa shape index (κ3) is 2.71. The van der Waals surface area contributed by atoms with E-state index in [-0.39, 0.29) is 0 Å². The van der Waals surface area contributed by atoms with E-state index in [2.05, 4.69) is 6.07 Å². The van der Waals surface area contributed by atoms with Crippen LogP contribution in [0.15, 0.2) is 54.6 Å². The zero-order chi connectivity index (χ0) is 14.5. The molecule has 1 aliphatic rings. The van der Waals surface area contributed by atoms with Crippen molar-refractivity contribution in [2.24, 2.45) is 0 Å². The monoisotopic (exact) mass is 279 g/mol. The van der Waals surface area contributed by atoms with E-state index in [1.807, 2.05) is 54.6 Å². The molecule has 1 atom stereocenters. The fraction of sp³-hybridized carbons (Fsp3) is 0.278. The van der Waals surface area contributed by atoms with Crippen LogP contribution in [0, 0.1) is 11.3 Å². The van der Waals surface area contributed by atoms with Crippen molar-refractivity contribution >= 4 is 0 Å². The Labute approximate surface area is 124 Å². The van der Waals surface area contributed by atoms with Crippen LogP contribution >= 0.6 is 0 Å². The summed E-state index contributed by atoms with van der Waals surface area (Å²) in [6, 6.07) is 20.0. The van der Waals surface area contributed by atoms with Gasteiger partial charge in [0.05, 0.1) is 24.7 Å². The van der Waals surface area contributed by atoms with Gasteiger partial charge in [0, 0.05) is 18.4 Å². The Kier molecular flexibility index (Phi) is 3.79. The molecule has 1 unspecified atom stereocenters. The van der Waals surface area contributed by atoms with Gasteiger partial charge in [0.2, 0.25) is 0 Å². The summed E-state index contributed by atoms with van der Waals surface area (Å²) in [6.07, 6.45) is 1.37. The minimum Gasteiger partial charge on any atom is -0.494 e. The molecule has 0 fully saturated rings. The molecule has 3 nitrogen and oxygen atoms in total. The third-order valence-corrected chi connectivity index (χ3v) is 3.94. The Bertz CT molecular complexity index is 648. The van der Waals surface area contributed by atoms with Gasteiger partial charge in [-0.25, -0.2) is 0 Å². The average molecular weight is 279 g/mol. The SMILES string of the molecule is N#CC1(CCOc2ccccc2)CCOc2ccccc21. The van der Waals surface area contributed by atoms with E-state index in [1.165, 1.54) is 0 Å². The molecule has 106 valence electrons. The second kappa shape index (κ2) is 5.88. The van der Waals surface area contributed by atoms with Gasteiger partial charge in [0.15, 0.2) is 0 Å². The van der Waals surface area contributed by atoms with E-state index in [4.69, 9.17) is 9.47 Å². The smallest absolute Gasteiger partial charge is 0.124 e. The van der Waals surface area contributed by atoms with Gasteiger partial charge >= 0.3 is 0 Å². The molecule has 1 aliphatic heterocycles. The number of nitrogens with zero attached hydrogens (tertiary/aromatic N) is 1. The minimum absolute atomic E-state index is 0.510. The van der Waals surface area contributed by atoms with Gasteiger partial charge in [-0.1, -0.05) is 36.4 Å². The van der Waals surface area contributed by atoms with E-state index in [0.717, 1.165) is 17.1 Å². The number of ether oxygens (including phenoxy) is 2. The molecular formula is C18H17NO2. The molecule has 2 aromatic rings. The van der Waals surface area contributed by atoms with Crippen LogP contribution in [0.2, 0.25) is 0 Å². The van der Waals surface area contributed by atoms with Gasteiger partial charge in [0.1, 0.15) is 11.5 Å². The van der Waals surface area contributed by atoms with Crippen molar-refractivity contribution in [3.63, 3.8) is 0 Å². The highest BCUT2D eigenvalue weighted by molar-refractivity contribution is 5.45. The topological polar surface area (TPSA) is 42.2 Å². The van der Waals surface area contributed by atoms with Gasteiger partial charge in [-0.15, -0.1) is 0 Å². The third-order valence-electron chi connectivity index (χ3n) is 3.94. The van der Waals surface area contributed by atoms with Crippen LogP contribution in [0.4, 0.5) is 0 Å². The van der Waals surface area contributed by atoms with Crippen molar-refractivity contribution in [3.8, 4) is 17.6 Å². The van der Waals surface area contributed by atoms with E-state index in [0.29, 0.717) is 26.1 Å². The second-order valence-corrected chi connectivity index (χ2v) is 5.20. The summed E-state index contributed by atoms with van der Waals surface area (Å²) in [6.45, 7) is 1.10. The van der Waals surface area contributed by atoms with Crippen LogP contribution in [0.1, 0.15) is 18.4 Å². The lowest BCUT2D eigenvalue weighted by Crippen LogP contribution is -2.33. The zero-order valence-electron chi connectivity index (χ0n) is 11.8. The number of rotatable bonds is 4. The number of nitriles is 1. The molecule has 0 bridgehead atoms. The maximum absolute atomic E-state index is 9.72. The van der Waals surface area contributed by atoms with Crippen molar-refractivity contribution in [2.75, 3.05) is 13.2 Å². The number of hydrogen-bond donors (Lipinski definition) is 0. The van der Waals surface area contributed by atoms with Gasteiger partial charge in [-0.2, -0.15) is 5.26 Å². The normalized spacial score (nSPS) is 20.0. The summed E-state index contributed by atoms with van der Waals surface area (Å²) in [4.78, 5) is 0. The molecule has 0 N–H and O–H groups in total. The van der Waals surface area contributed by atoms with Crippen molar-refractivity contribution < 1.29 is 9.47 Å². The van der Waals surface area contributed by atoms with Crippen LogP contribution in [-0.4, -0.2) is 13.2 Å². The highest BCUT2D eigenvalue weighted by Crippen LogP contribution is 2.40. The Balaban J connectivity index is 1.75. The van der Waals surface area contributed by atoms with E-state index in [9.17, 15) is 5.26 Å². The lowest BCUT2D eigenvalue weighted by molar-refractivity contribution is 0.209. The summed E-state index contributed by atoms with van der Waals surface area (Å²) in [5.74, 6) is 1.66. The molecule has 21 heavy (non-hydrogen) atoms. The second-order valence-electron chi connectivity index (χ2n) is 5.20. The molecule has 3 rings (SSSR count). The maximum atomic E-state index is 9.72. The fourth-order valence-corrected chi connectivity index (χ4v) is 2.75. The Morgan fingerprint density at radius 3 is 2.67 bits per heavy atom. The quantitative estimate of drug-likeness (QED) is 0.857. The number of fused-ring (bicyclic) bond motifs is 1. The predicted octanol–water partition coefficient (Wildman–Crippen LogP) is 3.70. The number of benzene rings is 2. The van der Waals surface area contributed by atoms with Crippen molar-refractivity contribution in [2.45, 2.75) is 18.3 Å². The Hall–Kier alpha value is -2.47. The van der Waals surface area contributed by atoms with Gasteiger partial charge in [-0.3, -0.25) is 0 Å². The van der Waals surface area contributed by atoms with Crippen LogP contribution in [0.25, 0.3) is 0 Å². The summed E-state index contributed by atoms with van der Waals surface area (Å²) >= 11 is 0. The number of hydrogen-bond acceptors (Lipinski definition) is 3. The first-order chi connectivity index (χ1) is 10.3. The molecule has 2 aromatic carbocycles. The van der Waals surface area contributed by atoms with E-state index < -0.39 is 5.41 Å². The fourth-order valence-electron chi connectivity index (χ4n) is 2.75. The zero-order valence-corrected chi connectivity index (χ0v) is 11.8. The first-order valence-electron chi connectivity index (χ1n) is 7.15. The molecular weight excluding hydrogens is 262 g/mol. The van der Waals surface area contributed by atoms with Crippen LogP contribution in [0.3, 0.4) is 0 Å². The standard InChI is InChI=1S/C18H17NO2/c19-14-18(10-12-20-15-6-2-1-3-7-15)11-13-21-17-9-5-4-8-16(17)18/h1-9H,10-13H2. The van der Waals surface area contributed by atoms with Crippen LogP contribution in [-0.2, 0) is 5.41 Å². The first kappa shape index (κ1) is 13.5. The van der Waals surface area contributed by atoms with Crippen molar-refractivity contribution in [3.05, 3.63) is 60.2 Å². The van der Waals surface area contributed by atoms with E-state index in [1.54, 1.807) is 0 Å². The van der Waals surface area contributed by atoms with Gasteiger partial charge < -0.3 is 9.47 Å².